The molecule has 48 heavy (non-hydrogen) atoms. The summed E-state index contributed by atoms with van der Waals surface area (Å²) in [5.74, 6) is 3.12. The van der Waals surface area contributed by atoms with Gasteiger partial charge >= 0.3 is 6.09 Å². The molecule has 0 spiro atoms. The number of amides is 2. The summed E-state index contributed by atoms with van der Waals surface area (Å²) in [5, 5.41) is 13.1. The predicted molar refractivity (Wildman–Crippen MR) is 180 cm³/mol. The van der Waals surface area contributed by atoms with E-state index in [1.807, 2.05) is 80.3 Å². The summed E-state index contributed by atoms with van der Waals surface area (Å²) >= 11 is 0. The van der Waals surface area contributed by atoms with Crippen LogP contribution in [0, 0.1) is 5.92 Å². The van der Waals surface area contributed by atoms with Crippen LogP contribution in [0.3, 0.4) is 0 Å². The fraction of sp³-hybridized carbons (Fsp3) is 0.459. The summed E-state index contributed by atoms with van der Waals surface area (Å²) in [7, 11) is 0. The van der Waals surface area contributed by atoms with E-state index in [0.717, 1.165) is 40.9 Å². The Hall–Kier alpha value is -4.80. The molecule has 0 unspecified atom stereocenters. The van der Waals surface area contributed by atoms with Crippen LogP contribution in [0.25, 0.3) is 22.7 Å². The van der Waals surface area contributed by atoms with E-state index >= 15 is 0 Å². The molecule has 6 rings (SSSR count). The fourth-order valence-corrected chi connectivity index (χ4v) is 6.03. The van der Waals surface area contributed by atoms with Crippen molar-refractivity contribution in [3.8, 4) is 34.2 Å². The van der Waals surface area contributed by atoms with Gasteiger partial charge in [0, 0.05) is 55.2 Å². The fourth-order valence-electron chi connectivity index (χ4n) is 6.03. The largest absolute Gasteiger partial charge is 0.457 e. The number of rotatable bonds is 8. The first-order valence-electron chi connectivity index (χ1n) is 16.8. The Morgan fingerprint density at radius 2 is 1.73 bits per heavy atom. The SMILES string of the molecule is CC(C)c1ccc(-c2ccc(Oc3cc(-c4nc(C5CCN(C(=O)OC(C)(C)C)CC5)no4)ccc3CN3C[C@@H](C)CC3=O)cc2)nn1. The van der Waals surface area contributed by atoms with Gasteiger partial charge in [0.25, 0.3) is 5.89 Å². The molecule has 2 aliphatic heterocycles. The van der Waals surface area contributed by atoms with Gasteiger partial charge in [0.2, 0.25) is 5.91 Å². The highest BCUT2D eigenvalue weighted by molar-refractivity contribution is 5.78. The van der Waals surface area contributed by atoms with Crippen molar-refractivity contribution >= 4 is 12.0 Å². The smallest absolute Gasteiger partial charge is 0.410 e. The predicted octanol–water partition coefficient (Wildman–Crippen LogP) is 7.59. The number of aromatic nitrogens is 4. The maximum Gasteiger partial charge on any atom is 0.410 e. The lowest BCUT2D eigenvalue weighted by Gasteiger charge is -2.32. The monoisotopic (exact) mass is 652 g/mol. The number of piperidine rings is 1. The minimum Gasteiger partial charge on any atom is -0.457 e. The second-order valence-corrected chi connectivity index (χ2v) is 14.2. The van der Waals surface area contributed by atoms with Crippen LogP contribution >= 0.6 is 0 Å². The molecule has 0 bridgehead atoms. The first kappa shape index (κ1) is 33.1. The van der Waals surface area contributed by atoms with E-state index < -0.39 is 5.60 Å². The van der Waals surface area contributed by atoms with Crippen LogP contribution in [0.5, 0.6) is 11.5 Å². The van der Waals surface area contributed by atoms with Crippen LogP contribution in [0.4, 0.5) is 4.79 Å². The Bertz CT molecular complexity index is 1740. The van der Waals surface area contributed by atoms with Gasteiger partial charge in [-0.3, -0.25) is 4.79 Å². The molecule has 2 aromatic heterocycles. The molecular weight excluding hydrogens is 608 g/mol. The number of benzene rings is 2. The Kier molecular flexibility index (Phi) is 9.48. The number of likely N-dealkylation sites (tertiary alicyclic amines) is 2. The molecule has 4 heterocycles. The van der Waals surface area contributed by atoms with Gasteiger partial charge in [-0.2, -0.15) is 15.2 Å². The molecule has 252 valence electrons. The standard InChI is InChI=1S/C37H44N6O5/c1-23(2)30-13-14-31(40-39-30)25-9-11-29(12-10-25)46-32-20-27(7-8-28(32)22-43-21-24(3)19-33(43)44)35-38-34(41-48-35)26-15-17-42(18-16-26)36(45)47-37(4,5)6/h7-14,20,23-24,26H,15-19,21-22H2,1-6H3/t24-/m0/s1. The van der Waals surface area contributed by atoms with Gasteiger partial charge in [0.1, 0.15) is 17.1 Å². The zero-order valence-corrected chi connectivity index (χ0v) is 28.6. The maximum absolute atomic E-state index is 12.7. The Morgan fingerprint density at radius 3 is 2.35 bits per heavy atom. The lowest BCUT2D eigenvalue weighted by Crippen LogP contribution is -2.41. The number of nitrogens with zero attached hydrogens (tertiary/aromatic N) is 6. The third-order valence-corrected chi connectivity index (χ3v) is 8.69. The molecule has 2 amide bonds. The summed E-state index contributed by atoms with van der Waals surface area (Å²) in [6.45, 7) is 14.2. The van der Waals surface area contributed by atoms with Crippen LogP contribution in [0.2, 0.25) is 0 Å². The average Bonchev–Trinajstić information content (AvgIpc) is 3.67. The van der Waals surface area contributed by atoms with Crippen LogP contribution in [-0.4, -0.2) is 67.4 Å². The second-order valence-electron chi connectivity index (χ2n) is 14.2. The van der Waals surface area contributed by atoms with Gasteiger partial charge in [0.05, 0.1) is 11.4 Å². The molecule has 4 aromatic rings. The normalized spacial score (nSPS) is 17.3. The van der Waals surface area contributed by atoms with Crippen molar-refractivity contribution in [2.24, 2.45) is 5.92 Å². The van der Waals surface area contributed by atoms with Crippen molar-refractivity contribution in [2.45, 2.75) is 84.8 Å². The van der Waals surface area contributed by atoms with Crippen molar-refractivity contribution in [1.29, 1.82) is 0 Å². The zero-order chi connectivity index (χ0) is 34.0. The third-order valence-electron chi connectivity index (χ3n) is 8.69. The highest BCUT2D eigenvalue weighted by Crippen LogP contribution is 2.35. The van der Waals surface area contributed by atoms with E-state index in [4.69, 9.17) is 19.0 Å². The Labute approximate surface area is 281 Å². The van der Waals surface area contributed by atoms with Crippen LogP contribution in [0.15, 0.2) is 59.1 Å². The quantitative estimate of drug-likeness (QED) is 0.189. The van der Waals surface area contributed by atoms with Gasteiger partial charge in [-0.15, -0.1) is 0 Å². The first-order chi connectivity index (χ1) is 22.9. The molecule has 11 heteroatoms. The molecule has 1 atom stereocenters. The van der Waals surface area contributed by atoms with E-state index in [0.29, 0.717) is 67.6 Å². The van der Waals surface area contributed by atoms with Crippen molar-refractivity contribution in [3.63, 3.8) is 0 Å². The summed E-state index contributed by atoms with van der Waals surface area (Å²) in [4.78, 5) is 33.5. The third kappa shape index (κ3) is 7.83. The van der Waals surface area contributed by atoms with Crippen LogP contribution < -0.4 is 4.74 Å². The number of ether oxygens (including phenoxy) is 2. The number of carbonyl (C=O) groups is 2. The second kappa shape index (κ2) is 13.7. The van der Waals surface area contributed by atoms with Crippen molar-refractivity contribution in [1.82, 2.24) is 30.1 Å². The number of carbonyl (C=O) groups excluding carboxylic acids is 2. The van der Waals surface area contributed by atoms with Gasteiger partial charge in [0.15, 0.2) is 5.82 Å². The van der Waals surface area contributed by atoms with Gasteiger partial charge in [-0.05, 0) is 94.0 Å². The first-order valence-corrected chi connectivity index (χ1v) is 16.8. The molecule has 0 N–H and O–H groups in total. The van der Waals surface area contributed by atoms with E-state index in [-0.39, 0.29) is 17.9 Å². The van der Waals surface area contributed by atoms with E-state index in [2.05, 4.69) is 36.1 Å². The molecule has 2 saturated heterocycles. The van der Waals surface area contributed by atoms with Crippen LogP contribution in [0.1, 0.15) is 89.7 Å². The minimum atomic E-state index is -0.532. The number of hydrogen-bond donors (Lipinski definition) is 0. The molecule has 2 aliphatic rings. The number of hydrogen-bond acceptors (Lipinski definition) is 9. The van der Waals surface area contributed by atoms with Crippen molar-refractivity contribution in [3.05, 3.63) is 71.7 Å². The lowest BCUT2D eigenvalue weighted by atomic mass is 9.96. The summed E-state index contributed by atoms with van der Waals surface area (Å²) in [6, 6.07) is 17.5. The Morgan fingerprint density at radius 1 is 1.00 bits per heavy atom. The summed E-state index contributed by atoms with van der Waals surface area (Å²) < 4.78 is 17.7. The molecule has 11 nitrogen and oxygen atoms in total. The van der Waals surface area contributed by atoms with E-state index in [9.17, 15) is 9.59 Å². The Balaban J connectivity index is 1.20. The molecule has 0 aliphatic carbocycles. The molecule has 0 saturated carbocycles. The lowest BCUT2D eigenvalue weighted by molar-refractivity contribution is -0.128. The molecule has 2 fully saturated rings. The van der Waals surface area contributed by atoms with Gasteiger partial charge in [-0.1, -0.05) is 32.0 Å². The maximum atomic E-state index is 12.7. The zero-order valence-electron chi connectivity index (χ0n) is 28.6. The van der Waals surface area contributed by atoms with E-state index in [1.165, 1.54) is 0 Å². The highest BCUT2D eigenvalue weighted by Gasteiger charge is 2.30. The molecule has 2 aromatic carbocycles. The average molecular weight is 653 g/mol. The summed E-state index contributed by atoms with van der Waals surface area (Å²) in [6.07, 6.45) is 1.70. The summed E-state index contributed by atoms with van der Waals surface area (Å²) in [5.41, 5.74) is 3.75. The molecule has 0 radical (unpaired) electrons. The molecular formula is C37H44N6O5. The van der Waals surface area contributed by atoms with Crippen molar-refractivity contribution in [2.75, 3.05) is 19.6 Å². The van der Waals surface area contributed by atoms with Gasteiger partial charge < -0.3 is 23.8 Å². The van der Waals surface area contributed by atoms with E-state index in [1.54, 1.807) is 4.90 Å². The topological polar surface area (TPSA) is 124 Å². The minimum absolute atomic E-state index is 0.0733. The van der Waals surface area contributed by atoms with Crippen molar-refractivity contribution < 1.29 is 23.6 Å². The van der Waals surface area contributed by atoms with Crippen LogP contribution in [-0.2, 0) is 16.1 Å². The highest BCUT2D eigenvalue weighted by atomic mass is 16.6. The van der Waals surface area contributed by atoms with Gasteiger partial charge in [-0.25, -0.2) is 4.79 Å².